The molecule has 2 heterocycles. The number of methoxy groups -OCH3 is 1. The van der Waals surface area contributed by atoms with Gasteiger partial charge < -0.3 is 10.1 Å². The first-order valence-electron chi connectivity index (χ1n) is 6.69. The first kappa shape index (κ1) is 16.9. The van der Waals surface area contributed by atoms with Gasteiger partial charge in [-0.15, -0.1) is 5.10 Å². The van der Waals surface area contributed by atoms with Crippen molar-refractivity contribution < 1.29 is 14.5 Å². The number of hydrogen-bond acceptors (Lipinski definition) is 6. The second-order valence-electron chi connectivity index (χ2n) is 4.51. The SMILES string of the molecule is CCn1ncc(Br)c1CNC(=O)Cn1cc([N+](=O)[O-])c(OC)n1. The number of aryl methyl sites for hydroxylation is 1. The molecule has 1 amide bonds. The van der Waals surface area contributed by atoms with E-state index in [1.165, 1.54) is 11.8 Å². The maximum absolute atomic E-state index is 12.0. The number of rotatable bonds is 7. The van der Waals surface area contributed by atoms with Gasteiger partial charge in [0.2, 0.25) is 5.91 Å². The zero-order valence-electron chi connectivity index (χ0n) is 12.5. The lowest BCUT2D eigenvalue weighted by Gasteiger charge is -2.07. The molecular weight excluding hydrogens is 372 g/mol. The molecule has 0 atom stereocenters. The van der Waals surface area contributed by atoms with Crippen LogP contribution in [0.4, 0.5) is 5.69 Å². The molecule has 0 radical (unpaired) electrons. The molecule has 0 aliphatic carbocycles. The van der Waals surface area contributed by atoms with Crippen molar-refractivity contribution in [2.24, 2.45) is 0 Å². The van der Waals surface area contributed by atoms with E-state index < -0.39 is 4.92 Å². The Morgan fingerprint density at radius 2 is 2.30 bits per heavy atom. The summed E-state index contributed by atoms with van der Waals surface area (Å²) in [5.74, 6) is -0.463. The van der Waals surface area contributed by atoms with E-state index in [9.17, 15) is 14.9 Å². The fraction of sp³-hybridized carbons (Fsp3) is 0.417. The summed E-state index contributed by atoms with van der Waals surface area (Å²) in [6.07, 6.45) is 2.82. The number of nitrogens with one attached hydrogen (secondary N) is 1. The fourth-order valence-electron chi connectivity index (χ4n) is 1.97. The third-order valence-electron chi connectivity index (χ3n) is 3.06. The third kappa shape index (κ3) is 3.86. The van der Waals surface area contributed by atoms with Gasteiger partial charge in [-0.1, -0.05) is 0 Å². The van der Waals surface area contributed by atoms with Crippen molar-refractivity contribution in [1.29, 1.82) is 0 Å². The maximum atomic E-state index is 12.0. The molecule has 0 aromatic carbocycles. The van der Waals surface area contributed by atoms with Gasteiger partial charge in [-0.2, -0.15) is 5.10 Å². The van der Waals surface area contributed by atoms with E-state index in [-0.39, 0.29) is 30.6 Å². The Morgan fingerprint density at radius 3 is 2.87 bits per heavy atom. The molecule has 0 bridgehead atoms. The summed E-state index contributed by atoms with van der Waals surface area (Å²) < 4.78 is 8.53. The zero-order chi connectivity index (χ0) is 17.0. The molecule has 2 aromatic rings. The predicted octanol–water partition coefficient (Wildman–Crippen LogP) is 1.10. The van der Waals surface area contributed by atoms with Gasteiger partial charge in [0.05, 0.1) is 34.9 Å². The molecule has 0 aliphatic heterocycles. The summed E-state index contributed by atoms with van der Waals surface area (Å²) in [7, 11) is 1.28. The van der Waals surface area contributed by atoms with Gasteiger partial charge in [0.15, 0.2) is 0 Å². The molecule has 0 fully saturated rings. The molecule has 0 spiro atoms. The molecule has 1 N–H and O–H groups in total. The largest absolute Gasteiger partial charge is 0.475 e. The smallest absolute Gasteiger partial charge is 0.350 e. The second kappa shape index (κ2) is 7.22. The van der Waals surface area contributed by atoms with E-state index in [4.69, 9.17) is 4.74 Å². The zero-order valence-corrected chi connectivity index (χ0v) is 14.1. The van der Waals surface area contributed by atoms with Crippen LogP contribution in [0, 0.1) is 10.1 Å². The van der Waals surface area contributed by atoms with E-state index in [1.54, 1.807) is 10.9 Å². The minimum absolute atomic E-state index is 0.130. The van der Waals surface area contributed by atoms with Crippen LogP contribution in [-0.2, 0) is 24.4 Å². The highest BCUT2D eigenvalue weighted by Gasteiger charge is 2.21. The fourth-order valence-corrected chi connectivity index (χ4v) is 2.40. The lowest BCUT2D eigenvalue weighted by atomic mass is 10.4. The first-order chi connectivity index (χ1) is 11.0. The van der Waals surface area contributed by atoms with Gasteiger partial charge in [0.1, 0.15) is 12.7 Å². The molecule has 0 saturated carbocycles. The Kier molecular flexibility index (Phi) is 5.32. The van der Waals surface area contributed by atoms with Crippen molar-refractivity contribution in [1.82, 2.24) is 24.9 Å². The minimum Gasteiger partial charge on any atom is -0.475 e. The second-order valence-corrected chi connectivity index (χ2v) is 5.36. The molecule has 23 heavy (non-hydrogen) atoms. The van der Waals surface area contributed by atoms with Crippen LogP contribution in [0.25, 0.3) is 0 Å². The number of carbonyl (C=O) groups excluding carboxylic acids is 1. The van der Waals surface area contributed by atoms with Gasteiger partial charge in [-0.3, -0.25) is 24.3 Å². The van der Waals surface area contributed by atoms with E-state index in [0.717, 1.165) is 16.4 Å². The lowest BCUT2D eigenvalue weighted by Crippen LogP contribution is -2.28. The van der Waals surface area contributed by atoms with Gasteiger partial charge in [-0.05, 0) is 22.9 Å². The van der Waals surface area contributed by atoms with Crippen molar-refractivity contribution in [2.75, 3.05) is 7.11 Å². The Labute approximate surface area is 139 Å². The van der Waals surface area contributed by atoms with E-state index >= 15 is 0 Å². The quantitative estimate of drug-likeness (QED) is 0.562. The van der Waals surface area contributed by atoms with Crippen molar-refractivity contribution in [3.63, 3.8) is 0 Å². The van der Waals surface area contributed by atoms with Crippen LogP contribution in [0.15, 0.2) is 16.9 Å². The topological polar surface area (TPSA) is 117 Å². The normalized spacial score (nSPS) is 10.6. The number of amides is 1. The Hall–Kier alpha value is -2.43. The number of ether oxygens (including phenoxy) is 1. The van der Waals surface area contributed by atoms with Crippen LogP contribution in [0.5, 0.6) is 5.88 Å². The van der Waals surface area contributed by atoms with Gasteiger partial charge in [0, 0.05) is 6.54 Å². The first-order valence-corrected chi connectivity index (χ1v) is 7.48. The molecule has 2 aromatic heterocycles. The maximum Gasteiger partial charge on any atom is 0.350 e. The summed E-state index contributed by atoms with van der Waals surface area (Å²) in [5, 5.41) is 21.6. The number of carbonyl (C=O) groups is 1. The summed E-state index contributed by atoms with van der Waals surface area (Å²) in [5.41, 5.74) is 0.553. The molecule has 10 nitrogen and oxygen atoms in total. The Bertz CT molecular complexity index is 725. The van der Waals surface area contributed by atoms with Crippen molar-refractivity contribution in [3.05, 3.63) is 32.7 Å². The summed E-state index contributed by atoms with van der Waals surface area (Å²) in [4.78, 5) is 22.2. The lowest BCUT2D eigenvalue weighted by molar-refractivity contribution is -0.385. The molecule has 124 valence electrons. The van der Waals surface area contributed by atoms with E-state index in [2.05, 4.69) is 31.4 Å². The van der Waals surface area contributed by atoms with Gasteiger partial charge in [0.25, 0.3) is 0 Å². The molecule has 2 rings (SSSR count). The van der Waals surface area contributed by atoms with Gasteiger partial charge in [-0.25, -0.2) is 0 Å². The number of hydrogen-bond donors (Lipinski definition) is 1. The van der Waals surface area contributed by atoms with Crippen LogP contribution in [0.1, 0.15) is 12.6 Å². The average Bonchev–Trinajstić information content (AvgIpc) is 3.08. The molecular formula is C12H15BrN6O4. The molecule has 0 saturated heterocycles. The molecule has 0 unspecified atom stereocenters. The van der Waals surface area contributed by atoms with Crippen LogP contribution < -0.4 is 10.1 Å². The standard InChI is InChI=1S/C12H15BrN6O4/c1-3-18-9(8(13)4-15-18)5-14-11(20)7-17-6-10(19(21)22)12(16-17)23-2/h4,6H,3,5,7H2,1-2H3,(H,14,20). The van der Waals surface area contributed by atoms with Crippen LogP contribution in [0.3, 0.4) is 0 Å². The number of nitro groups is 1. The number of halogens is 1. The summed E-state index contributed by atoms with van der Waals surface area (Å²) >= 11 is 3.37. The third-order valence-corrected chi connectivity index (χ3v) is 3.72. The van der Waals surface area contributed by atoms with Crippen LogP contribution in [0.2, 0.25) is 0 Å². The monoisotopic (exact) mass is 386 g/mol. The van der Waals surface area contributed by atoms with Crippen LogP contribution in [-0.4, -0.2) is 37.5 Å². The van der Waals surface area contributed by atoms with Gasteiger partial charge >= 0.3 is 11.6 Å². The van der Waals surface area contributed by atoms with E-state index in [0.29, 0.717) is 6.54 Å². The highest BCUT2D eigenvalue weighted by molar-refractivity contribution is 9.10. The average molecular weight is 387 g/mol. The Morgan fingerprint density at radius 1 is 1.57 bits per heavy atom. The summed E-state index contributed by atoms with van der Waals surface area (Å²) in [6, 6.07) is 0. The molecule has 0 aliphatic rings. The number of aromatic nitrogens is 4. The highest BCUT2D eigenvalue weighted by Crippen LogP contribution is 2.23. The Balaban J connectivity index is 2.00. The minimum atomic E-state index is -0.614. The number of nitrogens with zero attached hydrogens (tertiary/aromatic N) is 5. The molecule has 11 heteroatoms. The summed E-state index contributed by atoms with van der Waals surface area (Å²) in [6.45, 7) is 2.76. The predicted molar refractivity (Wildman–Crippen MR) is 82.9 cm³/mol. The van der Waals surface area contributed by atoms with E-state index in [1.807, 2.05) is 6.92 Å². The van der Waals surface area contributed by atoms with Crippen molar-refractivity contribution >= 4 is 27.5 Å². The van der Waals surface area contributed by atoms with Crippen molar-refractivity contribution in [2.45, 2.75) is 26.6 Å². The highest BCUT2D eigenvalue weighted by atomic mass is 79.9. The van der Waals surface area contributed by atoms with Crippen LogP contribution >= 0.6 is 15.9 Å². The van der Waals surface area contributed by atoms with Crippen molar-refractivity contribution in [3.8, 4) is 5.88 Å².